The number of non-ortho nitro benzene ring substituents is 1. The normalized spacial score (nSPS) is 31.2. The minimum Gasteiger partial charge on any atom is -0.345 e. The number of hydrogen-bond acceptors (Lipinski definition) is 5. The van der Waals surface area contributed by atoms with Crippen LogP contribution in [0.5, 0.6) is 0 Å². The first-order valence-electron chi connectivity index (χ1n) is 7.52. The Labute approximate surface area is 142 Å². The maximum absolute atomic E-state index is 14.5. The van der Waals surface area contributed by atoms with Crippen molar-refractivity contribution in [2.24, 2.45) is 0 Å². The van der Waals surface area contributed by atoms with Gasteiger partial charge in [-0.15, -0.1) is 0 Å². The number of sulfonamides is 1. The molecule has 1 heterocycles. The summed E-state index contributed by atoms with van der Waals surface area (Å²) in [5.41, 5.74) is -2.27. The third kappa shape index (κ3) is 2.53. The Kier molecular flexibility index (Phi) is 3.93. The molecule has 1 aliphatic carbocycles. The molecule has 2 N–H and O–H groups in total. The average molecular weight is 374 g/mol. The predicted octanol–water partition coefficient (Wildman–Crippen LogP) is 1.62. The van der Waals surface area contributed by atoms with Gasteiger partial charge in [0.05, 0.1) is 10.5 Å². The van der Waals surface area contributed by atoms with Gasteiger partial charge in [-0.2, -0.15) is 0 Å². The minimum absolute atomic E-state index is 0.0435. The molecular weight excluding hydrogens is 358 g/mol. The third-order valence-electron chi connectivity index (χ3n) is 4.91. The van der Waals surface area contributed by atoms with E-state index in [4.69, 9.17) is 5.41 Å². The van der Waals surface area contributed by atoms with E-state index in [2.05, 4.69) is 5.32 Å². The highest BCUT2D eigenvalue weighted by Crippen LogP contribution is 2.46. The largest absolute Gasteiger partial charge is 0.345 e. The van der Waals surface area contributed by atoms with Crippen molar-refractivity contribution in [2.45, 2.75) is 36.2 Å². The van der Waals surface area contributed by atoms with E-state index < -0.39 is 49.4 Å². The molecular formula is C14H16F2N4O4S. The number of nitro groups is 1. The molecule has 2 fully saturated rings. The molecule has 3 unspecified atom stereocenters. The number of nitro benzene ring substituents is 1. The Morgan fingerprint density at radius 3 is 2.80 bits per heavy atom. The minimum atomic E-state index is -4.13. The Hall–Kier alpha value is -2.30. The zero-order valence-electron chi connectivity index (χ0n) is 13.2. The summed E-state index contributed by atoms with van der Waals surface area (Å²) in [5.74, 6) is -1.33. The number of nitrogens with one attached hydrogen (secondary N) is 2. The molecule has 1 saturated heterocycles. The van der Waals surface area contributed by atoms with Crippen LogP contribution >= 0.6 is 0 Å². The van der Waals surface area contributed by atoms with E-state index in [0.717, 1.165) is 25.2 Å². The van der Waals surface area contributed by atoms with Crippen LogP contribution in [-0.4, -0.2) is 42.1 Å². The van der Waals surface area contributed by atoms with Crippen molar-refractivity contribution in [3.8, 4) is 0 Å². The lowest BCUT2D eigenvalue weighted by Gasteiger charge is -2.51. The molecule has 2 aliphatic rings. The number of hydrogen-bond donors (Lipinski definition) is 2. The van der Waals surface area contributed by atoms with Crippen molar-refractivity contribution in [3.63, 3.8) is 0 Å². The van der Waals surface area contributed by atoms with Crippen molar-refractivity contribution < 1.29 is 22.1 Å². The third-order valence-corrected chi connectivity index (χ3v) is 7.17. The smallest absolute Gasteiger partial charge is 0.269 e. The van der Waals surface area contributed by atoms with Crippen LogP contribution in [0.25, 0.3) is 0 Å². The average Bonchev–Trinajstić information content (AvgIpc) is 2.54. The van der Waals surface area contributed by atoms with Gasteiger partial charge in [-0.1, -0.05) is 0 Å². The van der Waals surface area contributed by atoms with Crippen molar-refractivity contribution >= 4 is 21.7 Å². The second-order valence-corrected chi connectivity index (χ2v) is 8.39. The fraction of sp³-hybridized carbons (Fsp3) is 0.500. The number of fused-ring (bicyclic) bond motifs is 1. The molecule has 0 aromatic heterocycles. The summed E-state index contributed by atoms with van der Waals surface area (Å²) in [6, 6.07) is 2.82. The van der Waals surface area contributed by atoms with Crippen molar-refractivity contribution in [1.82, 2.24) is 9.62 Å². The van der Waals surface area contributed by atoms with Gasteiger partial charge in [-0.25, -0.2) is 21.5 Å². The first kappa shape index (κ1) is 17.5. The van der Waals surface area contributed by atoms with Gasteiger partial charge in [-0.3, -0.25) is 15.5 Å². The summed E-state index contributed by atoms with van der Waals surface area (Å²) in [7, 11) is -2.98. The van der Waals surface area contributed by atoms with Gasteiger partial charge in [0.1, 0.15) is 17.2 Å². The van der Waals surface area contributed by atoms with Gasteiger partial charge in [0, 0.05) is 24.7 Å². The van der Waals surface area contributed by atoms with Gasteiger partial charge in [0.25, 0.3) is 5.69 Å². The van der Waals surface area contributed by atoms with E-state index >= 15 is 0 Å². The fourth-order valence-corrected chi connectivity index (χ4v) is 5.51. The molecule has 3 rings (SSSR count). The molecule has 0 radical (unpaired) electrons. The summed E-state index contributed by atoms with van der Waals surface area (Å²) in [5, 5.41) is 20.2. The number of guanidine groups is 1. The Morgan fingerprint density at radius 1 is 1.48 bits per heavy atom. The summed E-state index contributed by atoms with van der Waals surface area (Å²) in [4.78, 5) is 10.3. The molecule has 0 spiro atoms. The van der Waals surface area contributed by atoms with Crippen molar-refractivity contribution in [3.05, 3.63) is 39.7 Å². The van der Waals surface area contributed by atoms with Gasteiger partial charge < -0.3 is 5.32 Å². The van der Waals surface area contributed by atoms with Crippen LogP contribution < -0.4 is 5.32 Å². The Balaban J connectivity index is 2.25. The van der Waals surface area contributed by atoms with Gasteiger partial charge >= 0.3 is 0 Å². The highest BCUT2D eigenvalue weighted by atomic mass is 32.2. The predicted molar refractivity (Wildman–Crippen MR) is 84.8 cm³/mol. The molecule has 25 heavy (non-hydrogen) atoms. The molecule has 1 aliphatic heterocycles. The second-order valence-electron chi connectivity index (χ2n) is 6.24. The quantitative estimate of drug-likeness (QED) is 0.603. The Morgan fingerprint density at radius 2 is 2.16 bits per heavy atom. The highest BCUT2D eigenvalue weighted by molar-refractivity contribution is 7.90. The summed E-state index contributed by atoms with van der Waals surface area (Å²) in [6.07, 6.45) is -1.92. The SMILES string of the molecule is CN1C(=N)NC2(c3cc([N+](=O)[O-])ccc3F)CCC(F)CC2S1(=O)=O. The maximum atomic E-state index is 14.5. The van der Waals surface area contributed by atoms with Crippen LogP contribution in [0, 0.1) is 21.3 Å². The van der Waals surface area contributed by atoms with E-state index in [-0.39, 0.29) is 24.8 Å². The van der Waals surface area contributed by atoms with Crippen LogP contribution in [0.1, 0.15) is 24.8 Å². The zero-order valence-corrected chi connectivity index (χ0v) is 14.0. The first-order valence-corrected chi connectivity index (χ1v) is 9.03. The van der Waals surface area contributed by atoms with E-state index in [0.29, 0.717) is 4.31 Å². The number of alkyl halides is 1. The molecule has 11 heteroatoms. The number of halogens is 2. The van der Waals surface area contributed by atoms with Crippen molar-refractivity contribution in [2.75, 3.05) is 7.05 Å². The summed E-state index contributed by atoms with van der Waals surface area (Å²) >= 11 is 0. The molecule has 1 aromatic rings. The molecule has 1 saturated carbocycles. The monoisotopic (exact) mass is 374 g/mol. The summed E-state index contributed by atoms with van der Waals surface area (Å²) < 4.78 is 54.6. The number of benzene rings is 1. The second kappa shape index (κ2) is 5.61. The number of nitrogens with zero attached hydrogens (tertiary/aromatic N) is 2. The van der Waals surface area contributed by atoms with E-state index in [1.807, 2.05) is 0 Å². The molecule has 8 nitrogen and oxygen atoms in total. The molecule has 1 aromatic carbocycles. The lowest BCUT2D eigenvalue weighted by molar-refractivity contribution is -0.385. The zero-order chi connectivity index (χ0) is 18.6. The maximum Gasteiger partial charge on any atom is 0.269 e. The van der Waals surface area contributed by atoms with Gasteiger partial charge in [-0.05, 0) is 25.3 Å². The molecule has 0 bridgehead atoms. The van der Waals surface area contributed by atoms with Crippen LogP contribution in [0.15, 0.2) is 18.2 Å². The van der Waals surface area contributed by atoms with E-state index in [1.54, 1.807) is 0 Å². The molecule has 0 amide bonds. The molecule has 3 atom stereocenters. The lowest BCUT2D eigenvalue weighted by Crippen LogP contribution is -2.69. The Bertz CT molecular complexity index is 862. The lowest BCUT2D eigenvalue weighted by atomic mass is 9.75. The topological polar surface area (TPSA) is 116 Å². The fourth-order valence-electron chi connectivity index (χ4n) is 3.57. The first-order chi connectivity index (χ1) is 11.6. The highest BCUT2D eigenvalue weighted by Gasteiger charge is 2.58. The van der Waals surface area contributed by atoms with E-state index in [1.165, 1.54) is 0 Å². The molecule has 136 valence electrons. The van der Waals surface area contributed by atoms with Gasteiger partial charge in [0.15, 0.2) is 0 Å². The van der Waals surface area contributed by atoms with Gasteiger partial charge in [0.2, 0.25) is 16.0 Å². The van der Waals surface area contributed by atoms with Crippen LogP contribution in [0.3, 0.4) is 0 Å². The van der Waals surface area contributed by atoms with Crippen molar-refractivity contribution in [1.29, 1.82) is 5.41 Å². The van der Waals surface area contributed by atoms with Crippen LogP contribution in [-0.2, 0) is 15.6 Å². The standard InChI is InChI=1S/C14H16F2N4O4S/c1-19-13(17)18-14(5-4-8(15)6-12(14)25(19,23)24)10-7-9(20(21)22)2-3-11(10)16/h2-3,7-8,12H,4-6H2,1H3,(H2,17,18). The van der Waals surface area contributed by atoms with E-state index in [9.17, 15) is 27.3 Å². The van der Waals surface area contributed by atoms with Crippen LogP contribution in [0.2, 0.25) is 0 Å². The number of rotatable bonds is 2. The summed E-state index contributed by atoms with van der Waals surface area (Å²) in [6.45, 7) is 0. The van der Waals surface area contributed by atoms with Crippen LogP contribution in [0.4, 0.5) is 14.5 Å².